The molecular weight excluding hydrogens is 170 g/mol. The Kier molecular flexibility index (Phi) is 1.79. The SMILES string of the molecule is O=Cc1n[nH]nc1-c1cnccn1. The number of H-pyrrole nitrogens is 1. The van der Waals surface area contributed by atoms with Crippen molar-refractivity contribution in [2.24, 2.45) is 0 Å². The van der Waals surface area contributed by atoms with Crippen LogP contribution in [0.3, 0.4) is 0 Å². The van der Waals surface area contributed by atoms with Crippen LogP contribution in [0, 0.1) is 0 Å². The topological polar surface area (TPSA) is 84.4 Å². The van der Waals surface area contributed by atoms with Crippen molar-refractivity contribution in [1.82, 2.24) is 25.4 Å². The summed E-state index contributed by atoms with van der Waals surface area (Å²) in [5.74, 6) is 0. The Bertz CT molecular complexity index is 410. The van der Waals surface area contributed by atoms with E-state index >= 15 is 0 Å². The summed E-state index contributed by atoms with van der Waals surface area (Å²) >= 11 is 0. The molecule has 2 aromatic rings. The summed E-state index contributed by atoms with van der Waals surface area (Å²) in [6.07, 6.45) is 5.21. The van der Waals surface area contributed by atoms with Crippen LogP contribution in [0.2, 0.25) is 0 Å². The quantitative estimate of drug-likeness (QED) is 0.653. The Morgan fingerprint density at radius 3 is 2.92 bits per heavy atom. The first-order chi connectivity index (χ1) is 6.42. The third kappa shape index (κ3) is 1.28. The Balaban J connectivity index is 2.52. The number of nitrogens with zero attached hydrogens (tertiary/aromatic N) is 4. The number of nitrogens with one attached hydrogen (secondary N) is 1. The molecule has 1 N–H and O–H groups in total. The molecule has 0 aromatic carbocycles. The lowest BCUT2D eigenvalue weighted by Gasteiger charge is -1.91. The molecule has 0 atom stereocenters. The van der Waals surface area contributed by atoms with Gasteiger partial charge in [-0.2, -0.15) is 15.4 Å². The van der Waals surface area contributed by atoms with Crippen molar-refractivity contribution in [3.05, 3.63) is 24.3 Å². The fourth-order valence-electron chi connectivity index (χ4n) is 0.931. The maximum atomic E-state index is 10.5. The molecular formula is C7H5N5O. The van der Waals surface area contributed by atoms with E-state index in [0.29, 0.717) is 17.7 Å². The second-order valence-corrected chi connectivity index (χ2v) is 2.27. The number of aromatic amines is 1. The van der Waals surface area contributed by atoms with Gasteiger partial charge in [0, 0.05) is 12.4 Å². The van der Waals surface area contributed by atoms with Crippen LogP contribution in [0.1, 0.15) is 10.5 Å². The van der Waals surface area contributed by atoms with Crippen molar-refractivity contribution in [2.45, 2.75) is 0 Å². The zero-order valence-corrected chi connectivity index (χ0v) is 6.51. The van der Waals surface area contributed by atoms with E-state index in [4.69, 9.17) is 0 Å². The van der Waals surface area contributed by atoms with Crippen LogP contribution in [0.15, 0.2) is 18.6 Å². The molecule has 2 aromatic heterocycles. The molecule has 6 heteroatoms. The van der Waals surface area contributed by atoms with Crippen molar-refractivity contribution in [3.8, 4) is 11.4 Å². The van der Waals surface area contributed by atoms with E-state index in [1.54, 1.807) is 6.20 Å². The number of carbonyl (C=O) groups is 1. The van der Waals surface area contributed by atoms with Gasteiger partial charge in [-0.05, 0) is 0 Å². The second kappa shape index (κ2) is 3.10. The first-order valence-corrected chi connectivity index (χ1v) is 3.54. The second-order valence-electron chi connectivity index (χ2n) is 2.27. The summed E-state index contributed by atoms with van der Waals surface area (Å²) in [5, 5.41) is 9.78. The zero-order valence-electron chi connectivity index (χ0n) is 6.51. The van der Waals surface area contributed by atoms with Crippen molar-refractivity contribution < 1.29 is 4.79 Å². The number of hydrogen-bond donors (Lipinski definition) is 1. The molecule has 0 unspecified atom stereocenters. The third-order valence-corrected chi connectivity index (χ3v) is 1.49. The summed E-state index contributed by atoms with van der Waals surface area (Å²) in [4.78, 5) is 18.3. The summed E-state index contributed by atoms with van der Waals surface area (Å²) in [7, 11) is 0. The lowest BCUT2D eigenvalue weighted by molar-refractivity contribution is 0.111. The van der Waals surface area contributed by atoms with Crippen LogP contribution in [-0.2, 0) is 0 Å². The number of hydrogen-bond acceptors (Lipinski definition) is 5. The van der Waals surface area contributed by atoms with Crippen LogP contribution in [-0.4, -0.2) is 31.7 Å². The molecule has 0 saturated carbocycles. The predicted molar refractivity (Wildman–Crippen MR) is 42.8 cm³/mol. The van der Waals surface area contributed by atoms with E-state index in [1.165, 1.54) is 12.4 Å². The van der Waals surface area contributed by atoms with E-state index in [1.807, 2.05) is 0 Å². The molecule has 0 aliphatic carbocycles. The standard InChI is InChI=1S/C7H5N5O/c13-4-6-7(11-12-10-6)5-3-8-1-2-9-5/h1-4H,(H,10,11,12). The van der Waals surface area contributed by atoms with Crippen LogP contribution in [0.25, 0.3) is 11.4 Å². The normalized spacial score (nSPS) is 9.85. The van der Waals surface area contributed by atoms with E-state index in [-0.39, 0.29) is 5.69 Å². The van der Waals surface area contributed by atoms with E-state index < -0.39 is 0 Å². The Labute approximate surface area is 73.0 Å². The van der Waals surface area contributed by atoms with Gasteiger partial charge < -0.3 is 0 Å². The summed E-state index contributed by atoms with van der Waals surface area (Å²) < 4.78 is 0. The van der Waals surface area contributed by atoms with E-state index in [9.17, 15) is 4.79 Å². The van der Waals surface area contributed by atoms with Gasteiger partial charge in [0.25, 0.3) is 0 Å². The molecule has 2 heterocycles. The summed E-state index contributed by atoms with van der Waals surface area (Å²) in [6.45, 7) is 0. The third-order valence-electron chi connectivity index (χ3n) is 1.49. The number of aldehydes is 1. The number of carbonyl (C=O) groups excluding carboxylic acids is 1. The summed E-state index contributed by atoms with van der Waals surface area (Å²) in [6, 6.07) is 0. The molecule has 13 heavy (non-hydrogen) atoms. The van der Waals surface area contributed by atoms with Gasteiger partial charge in [-0.15, -0.1) is 0 Å². The highest BCUT2D eigenvalue weighted by molar-refractivity contribution is 5.81. The highest BCUT2D eigenvalue weighted by atomic mass is 16.1. The van der Waals surface area contributed by atoms with Crippen LogP contribution < -0.4 is 0 Å². The highest BCUT2D eigenvalue weighted by Crippen LogP contribution is 2.12. The van der Waals surface area contributed by atoms with Crippen LogP contribution >= 0.6 is 0 Å². The molecule has 0 spiro atoms. The molecule has 0 amide bonds. The monoisotopic (exact) mass is 175 g/mol. The van der Waals surface area contributed by atoms with Crippen molar-refractivity contribution in [2.75, 3.05) is 0 Å². The van der Waals surface area contributed by atoms with Gasteiger partial charge in [-0.1, -0.05) is 0 Å². The van der Waals surface area contributed by atoms with Crippen LogP contribution in [0.4, 0.5) is 0 Å². The maximum absolute atomic E-state index is 10.5. The van der Waals surface area contributed by atoms with Gasteiger partial charge in [-0.25, -0.2) is 0 Å². The molecule has 0 fully saturated rings. The Hall–Kier alpha value is -2.11. The first kappa shape index (κ1) is 7.53. The fraction of sp³-hybridized carbons (Fsp3) is 0. The predicted octanol–water partition coefficient (Wildman–Crippen LogP) is 0.0742. The molecule has 6 nitrogen and oxygen atoms in total. The Morgan fingerprint density at radius 2 is 2.23 bits per heavy atom. The summed E-state index contributed by atoms with van der Waals surface area (Å²) in [5.41, 5.74) is 1.18. The lowest BCUT2D eigenvalue weighted by atomic mass is 10.3. The molecule has 64 valence electrons. The van der Waals surface area contributed by atoms with E-state index in [2.05, 4.69) is 25.4 Å². The number of aromatic nitrogens is 5. The first-order valence-electron chi connectivity index (χ1n) is 3.54. The molecule has 0 aliphatic heterocycles. The maximum Gasteiger partial charge on any atom is 0.172 e. The lowest BCUT2D eigenvalue weighted by Crippen LogP contribution is -1.89. The minimum Gasteiger partial charge on any atom is -0.296 e. The van der Waals surface area contributed by atoms with Gasteiger partial charge in [0.15, 0.2) is 12.0 Å². The van der Waals surface area contributed by atoms with Crippen molar-refractivity contribution in [3.63, 3.8) is 0 Å². The van der Waals surface area contributed by atoms with Gasteiger partial charge in [-0.3, -0.25) is 14.8 Å². The molecule has 0 radical (unpaired) electrons. The molecule has 0 aliphatic rings. The van der Waals surface area contributed by atoms with E-state index in [0.717, 1.165) is 0 Å². The highest BCUT2D eigenvalue weighted by Gasteiger charge is 2.09. The van der Waals surface area contributed by atoms with Gasteiger partial charge in [0.1, 0.15) is 11.4 Å². The molecule has 0 bridgehead atoms. The minimum atomic E-state index is 0.237. The average Bonchev–Trinajstić information content (AvgIpc) is 2.67. The van der Waals surface area contributed by atoms with Gasteiger partial charge in [0.2, 0.25) is 0 Å². The fourth-order valence-corrected chi connectivity index (χ4v) is 0.931. The molecule has 2 rings (SSSR count). The van der Waals surface area contributed by atoms with Gasteiger partial charge >= 0.3 is 0 Å². The van der Waals surface area contributed by atoms with Crippen molar-refractivity contribution in [1.29, 1.82) is 0 Å². The van der Waals surface area contributed by atoms with Crippen molar-refractivity contribution >= 4 is 6.29 Å². The Morgan fingerprint density at radius 1 is 1.31 bits per heavy atom. The van der Waals surface area contributed by atoms with Crippen LogP contribution in [0.5, 0.6) is 0 Å². The zero-order chi connectivity index (χ0) is 9.10. The van der Waals surface area contributed by atoms with Gasteiger partial charge in [0.05, 0.1) is 6.20 Å². The minimum absolute atomic E-state index is 0.237. The average molecular weight is 175 g/mol. The number of rotatable bonds is 2. The molecule has 0 saturated heterocycles. The smallest absolute Gasteiger partial charge is 0.172 e. The largest absolute Gasteiger partial charge is 0.296 e.